The van der Waals surface area contributed by atoms with Gasteiger partial charge in [-0.05, 0) is 24.1 Å². The molecule has 1 aromatic carbocycles. The van der Waals surface area contributed by atoms with Crippen LogP contribution < -0.4 is 0 Å². The molecule has 0 heterocycles. The Morgan fingerprint density at radius 3 is 1.48 bits per heavy atom. The predicted molar refractivity (Wildman–Crippen MR) is 126 cm³/mol. The highest BCUT2D eigenvalue weighted by molar-refractivity contribution is 5.73. The Kier molecular flexibility index (Phi) is 15.5. The molecule has 0 aliphatic heterocycles. The van der Waals surface area contributed by atoms with Crippen molar-refractivity contribution in [3.8, 4) is 17.2 Å². The van der Waals surface area contributed by atoms with E-state index in [0.717, 1.165) is 12.8 Å². The maximum absolute atomic E-state index is 11.8. The summed E-state index contributed by atoms with van der Waals surface area (Å²) in [6.07, 6.45) is 20.8. The summed E-state index contributed by atoms with van der Waals surface area (Å²) in [7, 11) is 0. The van der Waals surface area contributed by atoms with Crippen molar-refractivity contribution in [2.45, 2.75) is 116 Å². The first-order valence-corrected chi connectivity index (χ1v) is 12.4. The highest BCUT2D eigenvalue weighted by atomic mass is 16.5. The lowest BCUT2D eigenvalue weighted by atomic mass is 10.0. The molecule has 1 rings (SSSR count). The minimum atomic E-state index is -0.578. The van der Waals surface area contributed by atoms with Gasteiger partial charge in [0, 0.05) is 0 Å². The summed E-state index contributed by atoms with van der Waals surface area (Å²) in [6.45, 7) is 2.66. The van der Waals surface area contributed by atoms with Crippen molar-refractivity contribution in [3.63, 3.8) is 0 Å². The van der Waals surface area contributed by atoms with Gasteiger partial charge in [0.2, 0.25) is 0 Å². The van der Waals surface area contributed by atoms with Gasteiger partial charge in [-0.15, -0.1) is 0 Å². The molecule has 5 heteroatoms. The van der Waals surface area contributed by atoms with Crippen LogP contribution in [-0.4, -0.2) is 27.9 Å². The third-order valence-corrected chi connectivity index (χ3v) is 5.74. The maximum Gasteiger partial charge on any atom is 0.310 e. The van der Waals surface area contributed by atoms with Gasteiger partial charge in [0.05, 0.1) is 13.0 Å². The zero-order chi connectivity index (χ0) is 22.7. The van der Waals surface area contributed by atoms with Crippen molar-refractivity contribution in [1.29, 1.82) is 0 Å². The van der Waals surface area contributed by atoms with Gasteiger partial charge < -0.3 is 20.1 Å². The highest BCUT2D eigenvalue weighted by Gasteiger charge is 2.11. The second-order valence-corrected chi connectivity index (χ2v) is 8.68. The number of esters is 1. The fourth-order valence-corrected chi connectivity index (χ4v) is 3.82. The molecule has 5 nitrogen and oxygen atoms in total. The van der Waals surface area contributed by atoms with Crippen molar-refractivity contribution < 1.29 is 24.9 Å². The highest BCUT2D eigenvalue weighted by Crippen LogP contribution is 2.35. The van der Waals surface area contributed by atoms with Gasteiger partial charge in [-0.2, -0.15) is 0 Å². The van der Waals surface area contributed by atoms with Crippen molar-refractivity contribution in [2.24, 2.45) is 0 Å². The third kappa shape index (κ3) is 13.9. The summed E-state index contributed by atoms with van der Waals surface area (Å²) < 4.78 is 5.21. The standard InChI is InChI=1S/C26H44O5/c1-2-3-4-5-6-7-8-9-10-11-12-13-14-15-16-17-18-31-25(29)21-22-19-23(27)26(30)24(28)20-22/h19-20,27-28,30H,2-18,21H2,1H3. The van der Waals surface area contributed by atoms with Crippen molar-refractivity contribution in [2.75, 3.05) is 6.61 Å². The van der Waals surface area contributed by atoms with E-state index in [1.54, 1.807) is 0 Å². The van der Waals surface area contributed by atoms with E-state index in [1.165, 1.54) is 102 Å². The second-order valence-electron chi connectivity index (χ2n) is 8.68. The largest absolute Gasteiger partial charge is 0.504 e. The van der Waals surface area contributed by atoms with Crippen LogP contribution in [0.15, 0.2) is 12.1 Å². The topological polar surface area (TPSA) is 87.0 Å². The molecule has 0 fully saturated rings. The fraction of sp³-hybridized carbons (Fsp3) is 0.731. The number of benzene rings is 1. The number of hydrogen-bond donors (Lipinski definition) is 3. The molecule has 0 amide bonds. The molecule has 178 valence electrons. The second kappa shape index (κ2) is 17.7. The lowest BCUT2D eigenvalue weighted by molar-refractivity contribution is -0.142. The summed E-state index contributed by atoms with van der Waals surface area (Å²) in [5, 5.41) is 28.2. The van der Waals surface area contributed by atoms with E-state index in [2.05, 4.69) is 6.92 Å². The number of phenolic OH excluding ortho intramolecular Hbond substituents is 3. The van der Waals surface area contributed by atoms with Gasteiger partial charge >= 0.3 is 5.97 Å². The SMILES string of the molecule is CCCCCCCCCCCCCCCCCCOC(=O)Cc1cc(O)c(O)c(O)c1. The van der Waals surface area contributed by atoms with Gasteiger partial charge in [-0.25, -0.2) is 0 Å². The Morgan fingerprint density at radius 1 is 0.677 bits per heavy atom. The molecule has 0 aliphatic rings. The van der Waals surface area contributed by atoms with Crippen molar-refractivity contribution in [3.05, 3.63) is 17.7 Å². The molecule has 1 aromatic rings. The Hall–Kier alpha value is -1.91. The Balaban J connectivity index is 1.87. The lowest BCUT2D eigenvalue weighted by Gasteiger charge is -2.07. The van der Waals surface area contributed by atoms with Crippen LogP contribution in [-0.2, 0) is 16.0 Å². The van der Waals surface area contributed by atoms with Gasteiger partial charge in [-0.3, -0.25) is 4.79 Å². The van der Waals surface area contributed by atoms with Gasteiger partial charge in [0.15, 0.2) is 17.2 Å². The van der Waals surface area contributed by atoms with Crippen molar-refractivity contribution >= 4 is 5.97 Å². The number of unbranched alkanes of at least 4 members (excludes halogenated alkanes) is 15. The minimum absolute atomic E-state index is 0.0414. The molecule has 0 atom stereocenters. The number of ether oxygens (including phenoxy) is 1. The number of rotatable bonds is 19. The fourth-order valence-electron chi connectivity index (χ4n) is 3.82. The number of hydrogen-bond acceptors (Lipinski definition) is 5. The van der Waals surface area contributed by atoms with E-state index in [-0.39, 0.29) is 6.42 Å². The first-order valence-electron chi connectivity index (χ1n) is 12.4. The first kappa shape index (κ1) is 27.1. The van der Waals surface area contributed by atoms with Crippen molar-refractivity contribution in [1.82, 2.24) is 0 Å². The Labute approximate surface area is 188 Å². The molecule has 0 unspecified atom stereocenters. The molecular formula is C26H44O5. The van der Waals surface area contributed by atoms with Crippen LogP contribution in [0.3, 0.4) is 0 Å². The van der Waals surface area contributed by atoms with E-state index in [0.29, 0.717) is 12.2 Å². The van der Waals surface area contributed by atoms with E-state index in [1.807, 2.05) is 0 Å². The monoisotopic (exact) mass is 436 g/mol. The van der Waals surface area contributed by atoms with E-state index in [4.69, 9.17) is 4.74 Å². The third-order valence-electron chi connectivity index (χ3n) is 5.74. The molecular weight excluding hydrogens is 392 g/mol. The molecule has 31 heavy (non-hydrogen) atoms. The summed E-state index contributed by atoms with van der Waals surface area (Å²) in [6, 6.07) is 2.51. The molecule has 0 saturated heterocycles. The minimum Gasteiger partial charge on any atom is -0.504 e. The number of carbonyl (C=O) groups is 1. The number of carbonyl (C=O) groups excluding carboxylic acids is 1. The molecule has 0 radical (unpaired) electrons. The van der Waals surface area contributed by atoms with Crippen LogP contribution in [0.2, 0.25) is 0 Å². The van der Waals surface area contributed by atoms with Crippen LogP contribution in [0.25, 0.3) is 0 Å². The lowest BCUT2D eigenvalue weighted by Crippen LogP contribution is -2.09. The quantitative estimate of drug-likeness (QED) is 0.122. The predicted octanol–water partition coefficient (Wildman–Crippen LogP) is 7.15. The van der Waals surface area contributed by atoms with Gasteiger partial charge in [-0.1, -0.05) is 103 Å². The van der Waals surface area contributed by atoms with Crippen LogP contribution >= 0.6 is 0 Å². The average molecular weight is 437 g/mol. The molecule has 0 bridgehead atoms. The molecule has 3 N–H and O–H groups in total. The van der Waals surface area contributed by atoms with E-state index < -0.39 is 23.2 Å². The smallest absolute Gasteiger partial charge is 0.310 e. The van der Waals surface area contributed by atoms with Crippen LogP contribution in [0.5, 0.6) is 17.2 Å². The number of phenols is 3. The van der Waals surface area contributed by atoms with Gasteiger partial charge in [0.1, 0.15) is 0 Å². The summed E-state index contributed by atoms with van der Waals surface area (Å²) >= 11 is 0. The van der Waals surface area contributed by atoms with Crippen LogP contribution in [0, 0.1) is 0 Å². The first-order chi connectivity index (χ1) is 15.0. The van der Waals surface area contributed by atoms with E-state index >= 15 is 0 Å². The van der Waals surface area contributed by atoms with E-state index in [9.17, 15) is 20.1 Å². The van der Waals surface area contributed by atoms with Gasteiger partial charge in [0.25, 0.3) is 0 Å². The zero-order valence-corrected chi connectivity index (χ0v) is 19.5. The zero-order valence-electron chi connectivity index (χ0n) is 19.5. The average Bonchev–Trinajstić information content (AvgIpc) is 2.74. The van der Waals surface area contributed by atoms with Crippen LogP contribution in [0.1, 0.15) is 115 Å². The Bertz CT molecular complexity index is 576. The molecule has 0 aliphatic carbocycles. The molecule has 0 spiro atoms. The molecule has 0 aromatic heterocycles. The number of aromatic hydroxyl groups is 3. The summed E-state index contributed by atoms with van der Waals surface area (Å²) in [4.78, 5) is 11.8. The summed E-state index contributed by atoms with van der Waals surface area (Å²) in [5.41, 5.74) is 0.407. The molecule has 0 saturated carbocycles. The normalized spacial score (nSPS) is 11.0. The Morgan fingerprint density at radius 2 is 1.06 bits per heavy atom. The maximum atomic E-state index is 11.8. The summed E-state index contributed by atoms with van der Waals surface area (Å²) in [5.74, 6) is -1.86. The van der Waals surface area contributed by atoms with Crippen LogP contribution in [0.4, 0.5) is 0 Å².